The van der Waals surface area contributed by atoms with Crippen molar-refractivity contribution in [3.63, 3.8) is 0 Å². The van der Waals surface area contributed by atoms with Crippen molar-refractivity contribution < 1.29 is 9.13 Å². The number of ether oxygens (including phenoxy) is 1. The number of benzene rings is 1. The molecule has 1 unspecified atom stereocenters. The zero-order valence-corrected chi connectivity index (χ0v) is 15.0. The zero-order chi connectivity index (χ0) is 19.0. The van der Waals surface area contributed by atoms with Gasteiger partial charge in [-0.15, -0.1) is 0 Å². The Balaban J connectivity index is 2.88. The topological polar surface area (TPSA) is 61.2 Å². The van der Waals surface area contributed by atoms with Gasteiger partial charge < -0.3 is 4.74 Å². The highest BCUT2D eigenvalue weighted by Crippen LogP contribution is 2.53. The van der Waals surface area contributed by atoms with Crippen LogP contribution in [0, 0.1) is 40.5 Å². The molecule has 1 aliphatic rings. The molecule has 6 heteroatoms. The van der Waals surface area contributed by atoms with Gasteiger partial charge in [0, 0.05) is 0 Å². The Morgan fingerprint density at radius 1 is 1.32 bits per heavy atom. The first-order valence-corrected chi connectivity index (χ1v) is 7.80. The summed E-state index contributed by atoms with van der Waals surface area (Å²) >= 11 is 5.92. The Morgan fingerprint density at radius 2 is 1.92 bits per heavy atom. The van der Waals surface area contributed by atoms with Crippen molar-refractivity contribution in [3.05, 3.63) is 68.6 Å². The molecule has 1 aromatic carbocycles. The van der Waals surface area contributed by atoms with E-state index >= 15 is 0 Å². The number of nitrogens with zero attached hydrogens (tertiary/aromatic N) is 3. The Kier molecular flexibility index (Phi) is 4.63. The second-order valence-corrected chi connectivity index (χ2v) is 7.18. The number of halogens is 2. The maximum absolute atomic E-state index is 13.6. The molecule has 126 valence electrons. The Labute approximate surface area is 151 Å². The minimum absolute atomic E-state index is 0.0483. The predicted molar refractivity (Wildman–Crippen MR) is 91.2 cm³/mol. The molecule has 0 spiro atoms. The lowest BCUT2D eigenvalue weighted by Gasteiger charge is -2.36. The smallest absolute Gasteiger partial charge is 0.234 e. The van der Waals surface area contributed by atoms with E-state index in [2.05, 4.69) is 4.85 Å². The van der Waals surface area contributed by atoms with Crippen molar-refractivity contribution in [3.8, 4) is 12.1 Å². The molecule has 0 aromatic heterocycles. The van der Waals surface area contributed by atoms with E-state index in [1.807, 2.05) is 20.8 Å². The first-order chi connectivity index (χ1) is 11.6. The van der Waals surface area contributed by atoms with Gasteiger partial charge in [0.2, 0.25) is 5.70 Å². The summed E-state index contributed by atoms with van der Waals surface area (Å²) in [6, 6.07) is 7.72. The molecule has 2 rings (SSSR count). The van der Waals surface area contributed by atoms with E-state index in [4.69, 9.17) is 22.9 Å². The van der Waals surface area contributed by atoms with Crippen LogP contribution < -0.4 is 0 Å². The summed E-state index contributed by atoms with van der Waals surface area (Å²) < 4.78 is 19.6. The molecule has 0 saturated carbocycles. The standard InChI is InChI=1S/C19H15ClFN3O/c1-18(2,3)17-15(24-5)16(11(9-22)10-23)25-19(17,4)12-6-7-14(21)13(20)8-12/h6-8H,1-4H3. The van der Waals surface area contributed by atoms with Crippen molar-refractivity contribution in [1.82, 2.24) is 0 Å². The maximum Gasteiger partial charge on any atom is 0.234 e. The van der Waals surface area contributed by atoms with Crippen LogP contribution in [0.15, 0.2) is 40.8 Å². The lowest BCUT2D eigenvalue weighted by Crippen LogP contribution is -2.31. The van der Waals surface area contributed by atoms with Crippen molar-refractivity contribution >= 4 is 11.6 Å². The minimum atomic E-state index is -1.15. The van der Waals surface area contributed by atoms with E-state index in [1.54, 1.807) is 19.1 Å². The summed E-state index contributed by atoms with van der Waals surface area (Å²) in [6.07, 6.45) is 0. The number of hydrogen-bond acceptors (Lipinski definition) is 3. The number of hydrogen-bond donors (Lipinski definition) is 0. The first-order valence-electron chi connectivity index (χ1n) is 7.42. The molecule has 0 amide bonds. The van der Waals surface area contributed by atoms with Gasteiger partial charge in [0.15, 0.2) is 11.3 Å². The van der Waals surface area contributed by atoms with E-state index in [0.29, 0.717) is 11.1 Å². The van der Waals surface area contributed by atoms with Gasteiger partial charge in [0.25, 0.3) is 0 Å². The molecule has 0 bridgehead atoms. The van der Waals surface area contributed by atoms with Gasteiger partial charge in [-0.2, -0.15) is 10.5 Å². The Bertz CT molecular complexity index is 919. The summed E-state index contributed by atoms with van der Waals surface area (Å²) in [6.45, 7) is 15.0. The van der Waals surface area contributed by atoms with Gasteiger partial charge in [0.05, 0.1) is 11.6 Å². The Morgan fingerprint density at radius 3 is 2.36 bits per heavy atom. The predicted octanol–water partition coefficient (Wildman–Crippen LogP) is 5.25. The van der Waals surface area contributed by atoms with Crippen LogP contribution in [-0.2, 0) is 10.3 Å². The molecule has 4 nitrogen and oxygen atoms in total. The largest absolute Gasteiger partial charge is 0.489 e. The van der Waals surface area contributed by atoms with Crippen LogP contribution >= 0.6 is 11.6 Å². The van der Waals surface area contributed by atoms with Gasteiger partial charge in [-0.25, -0.2) is 9.24 Å². The normalized spacial score (nSPS) is 19.7. The van der Waals surface area contributed by atoms with E-state index in [0.717, 1.165) is 0 Å². The summed E-state index contributed by atoms with van der Waals surface area (Å²) in [5, 5.41) is 18.3. The number of nitriles is 2. The highest BCUT2D eigenvalue weighted by atomic mass is 35.5. The third kappa shape index (κ3) is 2.98. The molecular formula is C19H15ClFN3O. The lowest BCUT2D eigenvalue weighted by molar-refractivity contribution is 0.0584. The van der Waals surface area contributed by atoms with Gasteiger partial charge in [-0.1, -0.05) is 38.4 Å². The fourth-order valence-electron chi connectivity index (χ4n) is 3.11. The van der Waals surface area contributed by atoms with Gasteiger partial charge in [-0.05, 0) is 35.6 Å². The molecule has 0 aliphatic carbocycles. The molecule has 0 N–H and O–H groups in total. The summed E-state index contributed by atoms with van der Waals surface area (Å²) in [5.41, 5.74) is -0.652. The average molecular weight is 356 g/mol. The molecule has 0 radical (unpaired) electrons. The number of allylic oxidation sites excluding steroid dienone is 1. The molecule has 1 heterocycles. The number of rotatable bonds is 1. The fourth-order valence-corrected chi connectivity index (χ4v) is 3.29. The van der Waals surface area contributed by atoms with Gasteiger partial charge >= 0.3 is 0 Å². The second-order valence-electron chi connectivity index (χ2n) is 6.78. The molecule has 1 aliphatic heterocycles. The average Bonchev–Trinajstić information content (AvgIpc) is 2.85. The van der Waals surface area contributed by atoms with E-state index in [1.165, 1.54) is 18.2 Å². The van der Waals surface area contributed by atoms with Crippen LogP contribution in [-0.4, -0.2) is 0 Å². The van der Waals surface area contributed by atoms with Gasteiger partial charge in [-0.3, -0.25) is 0 Å². The molecule has 0 fully saturated rings. The third-order valence-corrected chi connectivity index (χ3v) is 4.31. The highest BCUT2D eigenvalue weighted by Gasteiger charge is 2.49. The SMILES string of the molecule is [C-]#[N+]C1=C(C(C)(C)C)C(C)(c2ccc(F)c(Cl)c2)OC1=C(C#N)C#N. The summed E-state index contributed by atoms with van der Waals surface area (Å²) in [5.74, 6) is -0.614. The van der Waals surface area contributed by atoms with Crippen LogP contribution in [0.4, 0.5) is 4.39 Å². The van der Waals surface area contributed by atoms with Crippen LogP contribution in [0.2, 0.25) is 5.02 Å². The van der Waals surface area contributed by atoms with Crippen molar-refractivity contribution in [2.24, 2.45) is 5.41 Å². The van der Waals surface area contributed by atoms with Crippen molar-refractivity contribution in [2.45, 2.75) is 33.3 Å². The molecule has 0 saturated heterocycles. The van der Waals surface area contributed by atoms with Crippen LogP contribution in [0.1, 0.15) is 33.3 Å². The van der Waals surface area contributed by atoms with E-state index < -0.39 is 16.8 Å². The minimum Gasteiger partial charge on any atom is -0.489 e. The van der Waals surface area contributed by atoms with Crippen LogP contribution in [0.25, 0.3) is 4.85 Å². The summed E-state index contributed by atoms with van der Waals surface area (Å²) in [4.78, 5) is 3.53. The van der Waals surface area contributed by atoms with Crippen molar-refractivity contribution in [1.29, 1.82) is 10.5 Å². The summed E-state index contributed by atoms with van der Waals surface area (Å²) in [7, 11) is 0. The fraction of sp³-hybridized carbons (Fsp3) is 0.316. The second kappa shape index (κ2) is 6.25. The highest BCUT2D eigenvalue weighted by molar-refractivity contribution is 6.30. The van der Waals surface area contributed by atoms with E-state index in [-0.39, 0.29) is 22.1 Å². The monoisotopic (exact) mass is 355 g/mol. The van der Waals surface area contributed by atoms with Crippen molar-refractivity contribution in [2.75, 3.05) is 0 Å². The van der Waals surface area contributed by atoms with Crippen LogP contribution in [0.3, 0.4) is 0 Å². The maximum atomic E-state index is 13.6. The third-order valence-electron chi connectivity index (χ3n) is 4.02. The molecule has 25 heavy (non-hydrogen) atoms. The molecule has 1 aromatic rings. The van der Waals surface area contributed by atoms with Crippen LogP contribution in [0.5, 0.6) is 0 Å². The first kappa shape index (κ1) is 18.5. The zero-order valence-electron chi connectivity index (χ0n) is 14.2. The van der Waals surface area contributed by atoms with E-state index in [9.17, 15) is 14.9 Å². The molecule has 1 atom stereocenters. The molecular weight excluding hydrogens is 341 g/mol. The van der Waals surface area contributed by atoms with Gasteiger partial charge in [0.1, 0.15) is 23.6 Å². The Hall–Kier alpha value is -2.81. The lowest BCUT2D eigenvalue weighted by atomic mass is 9.73. The quantitative estimate of drug-likeness (QED) is 0.511.